The molecule has 1 saturated heterocycles. The second kappa shape index (κ2) is 9.92. The van der Waals surface area contributed by atoms with E-state index in [-0.39, 0.29) is 5.95 Å². The van der Waals surface area contributed by atoms with Crippen LogP contribution in [-0.4, -0.2) is 77.0 Å². The van der Waals surface area contributed by atoms with Gasteiger partial charge in [-0.15, -0.1) is 0 Å². The highest BCUT2D eigenvalue weighted by Gasteiger charge is 2.25. The van der Waals surface area contributed by atoms with Gasteiger partial charge in [-0.3, -0.25) is 4.90 Å². The Kier molecular flexibility index (Phi) is 6.55. The molecule has 5 rings (SSSR count). The minimum Gasteiger partial charge on any atom is -0.383 e. The highest BCUT2D eigenvalue weighted by atomic mass is 35.5. The third-order valence-electron chi connectivity index (χ3n) is 6.15. The van der Waals surface area contributed by atoms with Crippen LogP contribution >= 0.6 is 11.6 Å². The van der Waals surface area contributed by atoms with Gasteiger partial charge >= 0.3 is 0 Å². The summed E-state index contributed by atoms with van der Waals surface area (Å²) >= 11 is 6.84. The Morgan fingerprint density at radius 3 is 2.63 bits per heavy atom. The van der Waals surface area contributed by atoms with E-state index in [0.717, 1.165) is 51.3 Å². The maximum absolute atomic E-state index is 9.66. The first-order valence-electron chi connectivity index (χ1n) is 11.5. The van der Waals surface area contributed by atoms with E-state index in [9.17, 15) is 10.5 Å². The van der Waals surface area contributed by atoms with Crippen LogP contribution in [0.15, 0.2) is 18.3 Å². The summed E-state index contributed by atoms with van der Waals surface area (Å²) in [6.45, 7) is 4.93. The molecule has 0 bridgehead atoms. The Hall–Kier alpha value is -3.64. The second-order valence-electron chi connectivity index (χ2n) is 8.61. The first-order valence-corrected chi connectivity index (χ1v) is 11.9. The normalized spacial score (nSPS) is 16.2. The number of aromatic nitrogens is 4. The van der Waals surface area contributed by atoms with Gasteiger partial charge in [0, 0.05) is 45.9 Å². The molecule has 2 aromatic heterocycles. The van der Waals surface area contributed by atoms with Crippen LogP contribution in [0, 0.1) is 22.7 Å². The molecule has 0 atom stereocenters. The number of hydrogen-bond donors (Lipinski definition) is 2. The first kappa shape index (κ1) is 23.1. The molecule has 3 heterocycles. The SMILES string of the molecule is COCCN1CCN(c2cc(C#N)cc(Nc3nc(NC4CC4)n4ncc(C#N)c4n3)c2Cl)CC1. The molecule has 1 aliphatic heterocycles. The maximum atomic E-state index is 9.66. The lowest BCUT2D eigenvalue weighted by molar-refractivity contribution is 0.144. The number of hydrogen-bond acceptors (Lipinski definition) is 10. The summed E-state index contributed by atoms with van der Waals surface area (Å²) in [4.78, 5) is 13.6. The fraction of sp³-hybridized carbons (Fsp3) is 0.435. The molecule has 1 saturated carbocycles. The Balaban J connectivity index is 1.45. The quantitative estimate of drug-likeness (QED) is 0.483. The van der Waals surface area contributed by atoms with Gasteiger partial charge in [-0.05, 0) is 25.0 Å². The largest absolute Gasteiger partial charge is 0.383 e. The predicted molar refractivity (Wildman–Crippen MR) is 132 cm³/mol. The zero-order chi connectivity index (χ0) is 24.4. The fourth-order valence-corrected chi connectivity index (χ4v) is 4.34. The van der Waals surface area contributed by atoms with Gasteiger partial charge in [0.25, 0.3) is 0 Å². The standard InChI is InChI=1S/C23H25ClN10O/c1-35-9-8-32-4-6-33(7-5-32)19-11-15(12-25)10-18(20(19)24)29-22-30-21-16(13-26)14-27-34(21)23(31-22)28-17-2-3-17/h10-11,14,17H,2-9H2,1H3,(H2,28,29,30,31). The van der Waals surface area contributed by atoms with Gasteiger partial charge in [-0.1, -0.05) is 11.6 Å². The topological polar surface area (TPSA) is 130 Å². The number of fused-ring (bicyclic) bond motifs is 1. The van der Waals surface area contributed by atoms with Gasteiger partial charge in [0.05, 0.1) is 40.8 Å². The molecule has 1 aliphatic carbocycles. The molecule has 2 N–H and O–H groups in total. The van der Waals surface area contributed by atoms with Gasteiger partial charge in [0.1, 0.15) is 11.6 Å². The molecule has 0 spiro atoms. The van der Waals surface area contributed by atoms with Crippen molar-refractivity contribution in [3.8, 4) is 12.1 Å². The van der Waals surface area contributed by atoms with Crippen molar-refractivity contribution in [2.45, 2.75) is 18.9 Å². The summed E-state index contributed by atoms with van der Waals surface area (Å²) in [6, 6.07) is 8.17. The molecular weight excluding hydrogens is 468 g/mol. The number of piperazine rings is 1. The van der Waals surface area contributed by atoms with E-state index >= 15 is 0 Å². The van der Waals surface area contributed by atoms with E-state index in [0.29, 0.717) is 46.1 Å². The van der Waals surface area contributed by atoms with Crippen LogP contribution in [0.3, 0.4) is 0 Å². The van der Waals surface area contributed by atoms with Crippen LogP contribution in [0.4, 0.5) is 23.3 Å². The Morgan fingerprint density at radius 1 is 1.14 bits per heavy atom. The average Bonchev–Trinajstić information content (AvgIpc) is 3.60. The maximum Gasteiger partial charge on any atom is 0.232 e. The third kappa shape index (κ3) is 4.93. The minimum atomic E-state index is 0.268. The van der Waals surface area contributed by atoms with Crippen LogP contribution in [0.5, 0.6) is 0 Å². The Morgan fingerprint density at radius 2 is 1.94 bits per heavy atom. The zero-order valence-corrected chi connectivity index (χ0v) is 20.1. The van der Waals surface area contributed by atoms with Crippen molar-refractivity contribution in [2.75, 3.05) is 62.0 Å². The molecule has 0 unspecified atom stereocenters. The van der Waals surface area contributed by atoms with Crippen molar-refractivity contribution in [3.05, 3.63) is 34.5 Å². The molecule has 3 aromatic rings. The zero-order valence-electron chi connectivity index (χ0n) is 19.3. The molecule has 12 heteroatoms. The third-order valence-corrected chi connectivity index (χ3v) is 6.55. The fourth-order valence-electron chi connectivity index (χ4n) is 4.06. The van der Waals surface area contributed by atoms with E-state index in [1.165, 1.54) is 10.7 Å². The molecular formula is C23H25ClN10O. The van der Waals surface area contributed by atoms with Crippen LogP contribution < -0.4 is 15.5 Å². The molecule has 1 aromatic carbocycles. The van der Waals surface area contributed by atoms with E-state index in [1.54, 1.807) is 13.2 Å². The number of nitrogens with one attached hydrogen (secondary N) is 2. The number of benzene rings is 1. The van der Waals surface area contributed by atoms with E-state index in [4.69, 9.17) is 16.3 Å². The molecule has 35 heavy (non-hydrogen) atoms. The Bertz CT molecular complexity index is 1310. The molecule has 2 aliphatic rings. The van der Waals surface area contributed by atoms with Crippen LogP contribution in [-0.2, 0) is 4.74 Å². The van der Waals surface area contributed by atoms with Gasteiger partial charge in [0.2, 0.25) is 11.9 Å². The van der Waals surface area contributed by atoms with Crippen LogP contribution in [0.2, 0.25) is 5.02 Å². The lowest BCUT2D eigenvalue weighted by Gasteiger charge is -2.36. The van der Waals surface area contributed by atoms with Crippen molar-refractivity contribution in [2.24, 2.45) is 0 Å². The van der Waals surface area contributed by atoms with Crippen molar-refractivity contribution in [1.82, 2.24) is 24.5 Å². The summed E-state index contributed by atoms with van der Waals surface area (Å²) in [5.41, 5.74) is 2.54. The lowest BCUT2D eigenvalue weighted by atomic mass is 10.1. The number of methoxy groups -OCH3 is 1. The van der Waals surface area contributed by atoms with Crippen molar-refractivity contribution >= 4 is 40.5 Å². The van der Waals surface area contributed by atoms with Gasteiger partial charge < -0.3 is 20.3 Å². The number of anilines is 4. The molecule has 2 fully saturated rings. The van der Waals surface area contributed by atoms with Crippen molar-refractivity contribution < 1.29 is 4.74 Å². The second-order valence-corrected chi connectivity index (χ2v) is 8.99. The molecule has 180 valence electrons. The summed E-state index contributed by atoms with van der Waals surface area (Å²) in [6.07, 6.45) is 3.58. The summed E-state index contributed by atoms with van der Waals surface area (Å²) < 4.78 is 6.72. The Labute approximate surface area is 207 Å². The summed E-state index contributed by atoms with van der Waals surface area (Å²) in [5, 5.41) is 30.4. The van der Waals surface area contributed by atoms with E-state index < -0.39 is 0 Å². The molecule has 11 nitrogen and oxygen atoms in total. The van der Waals surface area contributed by atoms with Gasteiger partial charge in [0.15, 0.2) is 5.65 Å². The van der Waals surface area contributed by atoms with Crippen LogP contribution in [0.1, 0.15) is 24.0 Å². The van der Waals surface area contributed by atoms with Gasteiger partial charge in [-0.2, -0.15) is 30.1 Å². The molecule has 0 radical (unpaired) electrons. The van der Waals surface area contributed by atoms with E-state index in [1.807, 2.05) is 6.07 Å². The van der Waals surface area contributed by atoms with E-state index in [2.05, 4.69) is 47.6 Å². The molecule has 0 amide bonds. The smallest absolute Gasteiger partial charge is 0.232 e. The van der Waals surface area contributed by atoms with Crippen molar-refractivity contribution in [1.29, 1.82) is 10.5 Å². The summed E-state index contributed by atoms with van der Waals surface area (Å²) in [5.74, 6) is 0.770. The van der Waals surface area contributed by atoms with Crippen molar-refractivity contribution in [3.63, 3.8) is 0 Å². The number of nitrogens with zero attached hydrogens (tertiary/aromatic N) is 8. The highest BCUT2D eigenvalue weighted by Crippen LogP contribution is 2.36. The predicted octanol–water partition coefficient (Wildman–Crippen LogP) is 2.61. The number of halogens is 1. The number of ether oxygens (including phenoxy) is 1. The average molecular weight is 493 g/mol. The first-order chi connectivity index (χ1) is 17.1. The highest BCUT2D eigenvalue weighted by molar-refractivity contribution is 6.36. The minimum absolute atomic E-state index is 0.268. The lowest BCUT2D eigenvalue weighted by Crippen LogP contribution is -2.47. The number of nitriles is 2. The summed E-state index contributed by atoms with van der Waals surface area (Å²) in [7, 11) is 1.71. The monoisotopic (exact) mass is 492 g/mol. The van der Waals surface area contributed by atoms with Crippen LogP contribution in [0.25, 0.3) is 5.65 Å². The van der Waals surface area contributed by atoms with Gasteiger partial charge in [-0.25, -0.2) is 0 Å². The number of rotatable bonds is 8.